The fourth-order valence-electron chi connectivity index (χ4n) is 1.66. The lowest BCUT2D eigenvalue weighted by Crippen LogP contribution is -2.47. The first-order valence-corrected chi connectivity index (χ1v) is 5.50. The van der Waals surface area contributed by atoms with Crippen LogP contribution >= 0.6 is 0 Å². The number of phenols is 1. The summed E-state index contributed by atoms with van der Waals surface area (Å²) in [4.78, 5) is 21.8. The lowest BCUT2D eigenvalue weighted by Gasteiger charge is -2.17. The summed E-state index contributed by atoms with van der Waals surface area (Å²) >= 11 is 0. The second kappa shape index (κ2) is 6.21. The van der Waals surface area contributed by atoms with E-state index in [2.05, 4.69) is 5.32 Å². The van der Waals surface area contributed by atoms with Crippen molar-refractivity contribution >= 4 is 19.0 Å². The Morgan fingerprint density at radius 2 is 2.00 bits per heavy atom. The Hall–Kier alpha value is -2.06. The van der Waals surface area contributed by atoms with Gasteiger partial charge in [-0.25, -0.2) is 4.79 Å². The molecule has 0 bridgehead atoms. The van der Waals surface area contributed by atoms with E-state index in [1.807, 2.05) is 0 Å². The third-order valence-electron chi connectivity index (χ3n) is 2.54. The van der Waals surface area contributed by atoms with Crippen LogP contribution in [0.15, 0.2) is 18.2 Å². The van der Waals surface area contributed by atoms with Crippen LogP contribution < -0.4 is 5.32 Å². The molecule has 0 radical (unpaired) electrons. The number of para-hydroxylation sites is 1. The molecule has 0 spiro atoms. The maximum absolute atomic E-state index is 10.9. The summed E-state index contributed by atoms with van der Waals surface area (Å²) in [5, 5.41) is 39.2. The number of benzene rings is 1. The topological polar surface area (TPSA) is 127 Å². The number of aromatic carboxylic acids is 1. The van der Waals surface area contributed by atoms with Gasteiger partial charge in [-0.2, -0.15) is 0 Å². The largest absolute Gasteiger partial charge is 0.507 e. The van der Waals surface area contributed by atoms with Crippen molar-refractivity contribution in [3.05, 3.63) is 29.3 Å². The lowest BCUT2D eigenvalue weighted by atomic mass is 9.75. The van der Waals surface area contributed by atoms with Crippen LogP contribution in [0.3, 0.4) is 0 Å². The molecule has 0 saturated carbocycles. The van der Waals surface area contributed by atoms with Gasteiger partial charge in [0, 0.05) is 6.92 Å². The predicted octanol–water partition coefficient (Wildman–Crippen LogP) is -0.850. The number of nitrogens with one attached hydrogen (secondary N) is 1. The third kappa shape index (κ3) is 3.97. The SMILES string of the molecule is CC(=O)N[C@@H](Cc1cccc(C(=O)O)c1O)B(O)O. The molecule has 19 heavy (non-hydrogen) atoms. The third-order valence-corrected chi connectivity index (χ3v) is 2.54. The highest BCUT2D eigenvalue weighted by Gasteiger charge is 2.26. The second-order valence-electron chi connectivity index (χ2n) is 4.04. The van der Waals surface area contributed by atoms with E-state index in [9.17, 15) is 14.7 Å². The van der Waals surface area contributed by atoms with Crippen LogP contribution in [0.4, 0.5) is 0 Å². The van der Waals surface area contributed by atoms with E-state index in [0.717, 1.165) is 0 Å². The Morgan fingerprint density at radius 3 is 2.47 bits per heavy atom. The monoisotopic (exact) mass is 267 g/mol. The van der Waals surface area contributed by atoms with E-state index in [4.69, 9.17) is 15.2 Å². The van der Waals surface area contributed by atoms with Gasteiger partial charge in [-0.15, -0.1) is 0 Å². The molecule has 0 aromatic heterocycles. The van der Waals surface area contributed by atoms with Gasteiger partial charge in [0.05, 0.1) is 5.94 Å². The summed E-state index contributed by atoms with van der Waals surface area (Å²) in [5.74, 6) is -3.25. The molecule has 0 aliphatic rings. The van der Waals surface area contributed by atoms with Crippen molar-refractivity contribution in [2.75, 3.05) is 0 Å². The molecular formula is C11H14BNO6. The van der Waals surface area contributed by atoms with Gasteiger partial charge in [0.2, 0.25) is 5.91 Å². The molecule has 0 saturated heterocycles. The molecule has 5 N–H and O–H groups in total. The van der Waals surface area contributed by atoms with E-state index in [0.29, 0.717) is 0 Å². The van der Waals surface area contributed by atoms with Crippen molar-refractivity contribution in [2.24, 2.45) is 0 Å². The van der Waals surface area contributed by atoms with Gasteiger partial charge >= 0.3 is 13.1 Å². The number of carbonyl (C=O) groups excluding carboxylic acids is 1. The number of hydrogen-bond acceptors (Lipinski definition) is 5. The van der Waals surface area contributed by atoms with Crippen LogP contribution in [-0.4, -0.2) is 45.2 Å². The van der Waals surface area contributed by atoms with E-state index in [1.165, 1.54) is 25.1 Å². The summed E-state index contributed by atoms with van der Waals surface area (Å²) in [7, 11) is -1.82. The smallest absolute Gasteiger partial charge is 0.475 e. The molecule has 8 heteroatoms. The molecule has 0 fully saturated rings. The Balaban J connectivity index is 3.00. The van der Waals surface area contributed by atoms with Crippen LogP contribution in [0.5, 0.6) is 5.75 Å². The highest BCUT2D eigenvalue weighted by Crippen LogP contribution is 2.23. The molecule has 1 atom stereocenters. The second-order valence-corrected chi connectivity index (χ2v) is 4.04. The average molecular weight is 267 g/mol. The normalized spacial score (nSPS) is 11.7. The van der Waals surface area contributed by atoms with Crippen molar-refractivity contribution in [1.29, 1.82) is 0 Å². The minimum Gasteiger partial charge on any atom is -0.507 e. The standard InChI is InChI=1S/C11H14BNO6/c1-6(14)13-9(12(18)19)5-7-3-2-4-8(10(7)15)11(16)17/h2-4,9,15,18-19H,5H2,1H3,(H,13,14)(H,16,17)/t9-/m0/s1. The van der Waals surface area contributed by atoms with Crippen molar-refractivity contribution in [1.82, 2.24) is 5.32 Å². The van der Waals surface area contributed by atoms with Gasteiger partial charge in [0.1, 0.15) is 11.3 Å². The number of hydrogen-bond donors (Lipinski definition) is 5. The molecule has 1 amide bonds. The van der Waals surface area contributed by atoms with Crippen LogP contribution in [0, 0.1) is 0 Å². The maximum Gasteiger partial charge on any atom is 0.475 e. The van der Waals surface area contributed by atoms with Gasteiger partial charge in [-0.1, -0.05) is 12.1 Å². The first-order chi connectivity index (χ1) is 8.82. The Labute approximate surface area is 109 Å². The van der Waals surface area contributed by atoms with Gasteiger partial charge in [-0.3, -0.25) is 4.79 Å². The Morgan fingerprint density at radius 1 is 1.37 bits per heavy atom. The van der Waals surface area contributed by atoms with Crippen molar-refractivity contribution < 1.29 is 29.9 Å². The molecule has 7 nitrogen and oxygen atoms in total. The van der Waals surface area contributed by atoms with Gasteiger partial charge in [-0.05, 0) is 18.1 Å². The minimum absolute atomic E-state index is 0.107. The Kier molecular flexibility index (Phi) is 4.90. The summed E-state index contributed by atoms with van der Waals surface area (Å²) in [5.41, 5.74) is -0.0849. The van der Waals surface area contributed by atoms with Gasteiger partial charge < -0.3 is 25.6 Å². The van der Waals surface area contributed by atoms with E-state index < -0.39 is 30.7 Å². The van der Waals surface area contributed by atoms with Gasteiger partial charge in [0.25, 0.3) is 0 Å². The molecule has 102 valence electrons. The number of rotatable bonds is 5. The average Bonchev–Trinajstić information content (AvgIpc) is 2.29. The minimum atomic E-state index is -1.82. The van der Waals surface area contributed by atoms with Crippen LogP contribution in [0.2, 0.25) is 0 Å². The molecule has 1 aromatic carbocycles. The van der Waals surface area contributed by atoms with Crippen LogP contribution in [0.1, 0.15) is 22.8 Å². The van der Waals surface area contributed by atoms with Crippen molar-refractivity contribution in [2.45, 2.75) is 19.3 Å². The zero-order chi connectivity index (χ0) is 14.6. The van der Waals surface area contributed by atoms with Gasteiger partial charge in [0.15, 0.2) is 0 Å². The lowest BCUT2D eigenvalue weighted by molar-refractivity contribution is -0.119. The highest BCUT2D eigenvalue weighted by molar-refractivity contribution is 6.43. The molecule has 0 heterocycles. The number of carboxylic acid groups (broad SMARTS) is 1. The first kappa shape index (κ1) is 15.0. The fourth-order valence-corrected chi connectivity index (χ4v) is 1.66. The van der Waals surface area contributed by atoms with Crippen LogP contribution in [-0.2, 0) is 11.2 Å². The summed E-state index contributed by atoms with van der Waals surface area (Å²) in [6.07, 6.45) is -0.107. The molecule has 0 aliphatic heterocycles. The van der Waals surface area contributed by atoms with E-state index >= 15 is 0 Å². The fraction of sp³-hybridized carbons (Fsp3) is 0.273. The highest BCUT2D eigenvalue weighted by atomic mass is 16.4. The van der Waals surface area contributed by atoms with Crippen molar-refractivity contribution in [3.8, 4) is 5.75 Å². The number of carboxylic acids is 1. The molecule has 1 aromatic rings. The van der Waals surface area contributed by atoms with Crippen LogP contribution in [0.25, 0.3) is 0 Å². The van der Waals surface area contributed by atoms with E-state index in [-0.39, 0.29) is 17.5 Å². The van der Waals surface area contributed by atoms with E-state index in [1.54, 1.807) is 0 Å². The van der Waals surface area contributed by atoms with Crippen molar-refractivity contribution in [3.63, 3.8) is 0 Å². The maximum atomic E-state index is 10.9. The Bertz CT molecular complexity index is 490. The quantitative estimate of drug-likeness (QED) is 0.442. The zero-order valence-corrected chi connectivity index (χ0v) is 10.2. The number of aromatic hydroxyl groups is 1. The predicted molar refractivity (Wildman–Crippen MR) is 66.6 cm³/mol. The summed E-state index contributed by atoms with van der Waals surface area (Å²) < 4.78 is 0. The zero-order valence-electron chi connectivity index (χ0n) is 10.2. The number of amides is 1. The first-order valence-electron chi connectivity index (χ1n) is 5.50. The molecule has 0 aliphatic carbocycles. The number of carbonyl (C=O) groups is 2. The molecule has 0 unspecified atom stereocenters. The summed E-state index contributed by atoms with van der Waals surface area (Å²) in [6.45, 7) is 1.21. The summed E-state index contributed by atoms with van der Waals surface area (Å²) in [6, 6.07) is 4.09. The molecule has 1 rings (SSSR count). The molecular weight excluding hydrogens is 253 g/mol.